The van der Waals surface area contributed by atoms with Crippen molar-refractivity contribution in [3.63, 3.8) is 0 Å². The van der Waals surface area contributed by atoms with Crippen LogP contribution in [0, 0.1) is 0 Å². The molecule has 1 heterocycles. The maximum Gasteiger partial charge on any atom is 0.247 e. The smallest absolute Gasteiger partial charge is 0.247 e. The highest BCUT2D eigenvalue weighted by Gasteiger charge is 2.40. The van der Waals surface area contributed by atoms with Gasteiger partial charge in [0.05, 0.1) is 17.4 Å². The van der Waals surface area contributed by atoms with Gasteiger partial charge in [-0.15, -0.1) is 0 Å². The summed E-state index contributed by atoms with van der Waals surface area (Å²) in [6, 6.07) is 28.6. The Morgan fingerprint density at radius 1 is 0.968 bits per heavy atom. The summed E-state index contributed by atoms with van der Waals surface area (Å²) in [5, 5.41) is 3.06. The van der Waals surface area contributed by atoms with Gasteiger partial charge in [0.15, 0.2) is 5.17 Å². The van der Waals surface area contributed by atoms with Gasteiger partial charge < -0.3 is 5.32 Å². The molecule has 31 heavy (non-hydrogen) atoms. The van der Waals surface area contributed by atoms with E-state index in [1.165, 1.54) is 11.8 Å². The number of carbonyl (C=O) groups is 2. The van der Waals surface area contributed by atoms with Crippen LogP contribution in [-0.2, 0) is 9.59 Å². The highest BCUT2D eigenvalue weighted by atomic mass is 32.2. The maximum absolute atomic E-state index is 13.2. The van der Waals surface area contributed by atoms with E-state index in [9.17, 15) is 9.59 Å². The van der Waals surface area contributed by atoms with E-state index in [4.69, 9.17) is 0 Å². The van der Waals surface area contributed by atoms with E-state index in [1.807, 2.05) is 97.9 Å². The summed E-state index contributed by atoms with van der Waals surface area (Å²) in [6.07, 6.45) is 0.0951. The van der Waals surface area contributed by atoms with Crippen LogP contribution < -0.4 is 10.2 Å². The molecule has 2 atom stereocenters. The van der Waals surface area contributed by atoms with Gasteiger partial charge in [-0.2, -0.15) is 0 Å². The molecule has 0 bridgehead atoms. The number of para-hydroxylation sites is 2. The Kier molecular flexibility index (Phi) is 6.48. The van der Waals surface area contributed by atoms with Crippen molar-refractivity contribution < 1.29 is 9.59 Å². The molecular weight excluding hydrogens is 406 g/mol. The van der Waals surface area contributed by atoms with Gasteiger partial charge in [-0.05, 0) is 36.8 Å². The standard InChI is InChI=1S/C25H23N3O2S/c1-18(19-11-5-2-6-12-19)26-23(29)17-22-24(30)28(21-15-9-4-10-16-21)25(31-22)27-20-13-7-3-8-14-20/h2-16,18,22H,17H2,1H3,(H,26,29)/t18-,22+/m0/s1. The van der Waals surface area contributed by atoms with Crippen LogP contribution in [0.2, 0.25) is 0 Å². The number of rotatable bonds is 6. The molecule has 0 aromatic heterocycles. The molecule has 156 valence electrons. The number of amidine groups is 1. The Morgan fingerprint density at radius 3 is 2.19 bits per heavy atom. The lowest BCUT2D eigenvalue weighted by atomic mass is 10.1. The van der Waals surface area contributed by atoms with Gasteiger partial charge in [-0.1, -0.05) is 78.5 Å². The second-order valence-electron chi connectivity index (χ2n) is 7.25. The van der Waals surface area contributed by atoms with Gasteiger partial charge in [-0.25, -0.2) is 4.99 Å². The van der Waals surface area contributed by atoms with Crippen LogP contribution in [0.5, 0.6) is 0 Å². The first-order chi connectivity index (χ1) is 15.1. The zero-order valence-corrected chi connectivity index (χ0v) is 18.0. The number of hydrogen-bond donors (Lipinski definition) is 1. The molecule has 1 aliphatic rings. The van der Waals surface area contributed by atoms with Crippen molar-refractivity contribution in [3.05, 3.63) is 96.6 Å². The van der Waals surface area contributed by atoms with Crippen molar-refractivity contribution in [1.82, 2.24) is 5.32 Å². The molecule has 0 radical (unpaired) electrons. The van der Waals surface area contributed by atoms with Crippen LogP contribution in [0.3, 0.4) is 0 Å². The van der Waals surface area contributed by atoms with E-state index in [-0.39, 0.29) is 24.3 Å². The molecular formula is C25H23N3O2S. The molecule has 1 aliphatic heterocycles. The van der Waals surface area contributed by atoms with Gasteiger partial charge in [0.25, 0.3) is 0 Å². The number of anilines is 1. The molecule has 0 saturated carbocycles. The molecule has 0 aliphatic carbocycles. The van der Waals surface area contributed by atoms with Crippen LogP contribution in [0.25, 0.3) is 0 Å². The summed E-state index contributed by atoms with van der Waals surface area (Å²) in [7, 11) is 0. The Labute approximate surface area is 186 Å². The molecule has 3 aromatic carbocycles. The summed E-state index contributed by atoms with van der Waals surface area (Å²) in [4.78, 5) is 32.2. The first-order valence-corrected chi connectivity index (χ1v) is 11.0. The van der Waals surface area contributed by atoms with Crippen molar-refractivity contribution in [2.45, 2.75) is 24.6 Å². The summed E-state index contributed by atoms with van der Waals surface area (Å²) in [5.41, 5.74) is 2.54. The van der Waals surface area contributed by atoms with Crippen molar-refractivity contribution in [3.8, 4) is 0 Å². The second-order valence-corrected chi connectivity index (χ2v) is 8.42. The summed E-state index contributed by atoms with van der Waals surface area (Å²) < 4.78 is 0. The lowest BCUT2D eigenvalue weighted by molar-refractivity contribution is -0.124. The van der Waals surface area contributed by atoms with E-state index in [1.54, 1.807) is 4.90 Å². The predicted octanol–water partition coefficient (Wildman–Crippen LogP) is 5.09. The number of hydrogen-bond acceptors (Lipinski definition) is 4. The quantitative estimate of drug-likeness (QED) is 0.594. The molecule has 5 nitrogen and oxygen atoms in total. The first kappa shape index (κ1) is 20.9. The van der Waals surface area contributed by atoms with E-state index >= 15 is 0 Å². The largest absolute Gasteiger partial charge is 0.350 e. The fraction of sp³-hybridized carbons (Fsp3) is 0.160. The molecule has 0 spiro atoms. The van der Waals surface area contributed by atoms with E-state index < -0.39 is 5.25 Å². The minimum absolute atomic E-state index is 0.0951. The van der Waals surface area contributed by atoms with Crippen LogP contribution in [-0.4, -0.2) is 22.2 Å². The third-order valence-corrected chi connectivity index (χ3v) is 6.12. The minimum atomic E-state index is -0.523. The van der Waals surface area contributed by atoms with Gasteiger partial charge in [0.2, 0.25) is 11.8 Å². The number of thioether (sulfide) groups is 1. The van der Waals surface area contributed by atoms with Gasteiger partial charge in [0, 0.05) is 6.42 Å². The monoisotopic (exact) mass is 429 g/mol. The lowest BCUT2D eigenvalue weighted by Crippen LogP contribution is -2.35. The Morgan fingerprint density at radius 2 is 1.55 bits per heavy atom. The first-order valence-electron chi connectivity index (χ1n) is 10.2. The molecule has 4 rings (SSSR count). The van der Waals surface area contributed by atoms with Gasteiger partial charge in [0.1, 0.15) is 5.25 Å². The van der Waals surface area contributed by atoms with Gasteiger partial charge >= 0.3 is 0 Å². The molecule has 3 aromatic rings. The molecule has 1 N–H and O–H groups in total. The lowest BCUT2D eigenvalue weighted by Gasteiger charge is -2.17. The summed E-state index contributed by atoms with van der Waals surface area (Å²) in [5.74, 6) is -0.287. The summed E-state index contributed by atoms with van der Waals surface area (Å²) in [6.45, 7) is 1.94. The fourth-order valence-electron chi connectivity index (χ4n) is 3.40. The topological polar surface area (TPSA) is 61.8 Å². The van der Waals surface area contributed by atoms with Crippen LogP contribution in [0.15, 0.2) is 96.0 Å². The number of benzene rings is 3. The van der Waals surface area contributed by atoms with Crippen LogP contribution >= 0.6 is 11.8 Å². The minimum Gasteiger partial charge on any atom is -0.350 e. The van der Waals surface area contributed by atoms with E-state index in [2.05, 4.69) is 10.3 Å². The van der Waals surface area contributed by atoms with Crippen molar-refractivity contribution >= 4 is 40.1 Å². The Hall–Kier alpha value is -3.38. The zero-order valence-electron chi connectivity index (χ0n) is 17.1. The molecule has 2 amide bonds. The van der Waals surface area contributed by atoms with Crippen molar-refractivity contribution in [2.75, 3.05) is 4.90 Å². The van der Waals surface area contributed by atoms with E-state index in [0.717, 1.165) is 16.9 Å². The van der Waals surface area contributed by atoms with Crippen molar-refractivity contribution in [1.29, 1.82) is 0 Å². The molecule has 6 heteroatoms. The third kappa shape index (κ3) is 5.03. The normalized spacial score (nSPS) is 18.2. The highest BCUT2D eigenvalue weighted by Crippen LogP contribution is 2.35. The number of aliphatic imine (C=N–C) groups is 1. The second kappa shape index (κ2) is 9.62. The predicted molar refractivity (Wildman–Crippen MR) is 126 cm³/mol. The van der Waals surface area contributed by atoms with Gasteiger partial charge in [-0.3, -0.25) is 14.5 Å². The maximum atomic E-state index is 13.2. The number of nitrogens with one attached hydrogen (secondary N) is 1. The van der Waals surface area contributed by atoms with Crippen molar-refractivity contribution in [2.24, 2.45) is 4.99 Å². The van der Waals surface area contributed by atoms with E-state index in [0.29, 0.717) is 5.17 Å². The Bertz CT molecular complexity index is 1070. The summed E-state index contributed by atoms with van der Waals surface area (Å²) >= 11 is 1.33. The third-order valence-electron chi connectivity index (χ3n) is 4.98. The average molecular weight is 430 g/mol. The number of amides is 2. The number of carbonyl (C=O) groups excluding carboxylic acids is 2. The Balaban J connectivity index is 1.53. The fourth-order valence-corrected chi connectivity index (χ4v) is 4.55. The van der Waals surface area contributed by atoms with Crippen LogP contribution in [0.1, 0.15) is 24.9 Å². The molecule has 1 saturated heterocycles. The highest BCUT2D eigenvalue weighted by molar-refractivity contribution is 8.16. The SMILES string of the molecule is C[C@H](NC(=O)C[C@H]1SC(=Nc2ccccc2)N(c2ccccc2)C1=O)c1ccccc1. The average Bonchev–Trinajstić information content (AvgIpc) is 3.09. The van der Waals surface area contributed by atoms with Crippen LogP contribution in [0.4, 0.5) is 11.4 Å². The zero-order chi connectivity index (χ0) is 21.6. The molecule has 0 unspecified atom stereocenters. The number of nitrogens with zero attached hydrogens (tertiary/aromatic N) is 2. The molecule has 1 fully saturated rings.